The van der Waals surface area contributed by atoms with Gasteiger partial charge in [0.25, 0.3) is 5.91 Å². The van der Waals surface area contributed by atoms with E-state index in [4.69, 9.17) is 16.3 Å². The van der Waals surface area contributed by atoms with Crippen molar-refractivity contribution in [3.8, 4) is 11.4 Å². The van der Waals surface area contributed by atoms with Gasteiger partial charge in [-0.05, 0) is 72.9 Å². The Kier molecular flexibility index (Phi) is 6.15. The number of nitrogens with one attached hydrogen (secondary N) is 1. The van der Waals surface area contributed by atoms with Crippen molar-refractivity contribution in [2.24, 2.45) is 0 Å². The Morgan fingerprint density at radius 2 is 1.81 bits per heavy atom. The van der Waals surface area contributed by atoms with Crippen LogP contribution in [0, 0.1) is 13.8 Å². The highest BCUT2D eigenvalue weighted by Gasteiger charge is 2.12. The first-order chi connectivity index (χ1) is 15.3. The van der Waals surface area contributed by atoms with E-state index in [1.54, 1.807) is 12.1 Å². The molecule has 0 aliphatic rings. The highest BCUT2D eigenvalue weighted by Crippen LogP contribution is 2.27. The van der Waals surface area contributed by atoms with Crippen LogP contribution in [-0.4, -0.2) is 27.5 Å². The second-order valence-electron chi connectivity index (χ2n) is 8.16. The molecule has 0 spiro atoms. The lowest BCUT2D eigenvalue weighted by atomic mass is 10.0. The number of carbonyl (C=O) groups is 1. The van der Waals surface area contributed by atoms with Crippen LogP contribution in [0.4, 0.5) is 5.69 Å². The molecule has 3 aromatic carbocycles. The highest BCUT2D eigenvalue weighted by molar-refractivity contribution is 6.31. The van der Waals surface area contributed by atoms with Gasteiger partial charge in [0.05, 0.1) is 5.69 Å². The summed E-state index contributed by atoms with van der Waals surface area (Å²) in [7, 11) is 0. The fourth-order valence-electron chi connectivity index (χ4n) is 3.40. The van der Waals surface area contributed by atoms with Crippen LogP contribution >= 0.6 is 11.6 Å². The van der Waals surface area contributed by atoms with Gasteiger partial charge in [0.2, 0.25) is 0 Å². The number of anilines is 1. The maximum atomic E-state index is 12.5. The van der Waals surface area contributed by atoms with Crippen molar-refractivity contribution in [2.75, 3.05) is 11.9 Å². The molecule has 1 heterocycles. The number of benzene rings is 3. The van der Waals surface area contributed by atoms with Crippen molar-refractivity contribution < 1.29 is 9.53 Å². The number of carbonyl (C=O) groups excluding carboxylic acids is 1. The topological polar surface area (TPSA) is 69.0 Å². The Balaban J connectivity index is 1.47. The molecule has 0 fully saturated rings. The fraction of sp³-hybridized carbons (Fsp3) is 0.240. The lowest BCUT2D eigenvalue weighted by molar-refractivity contribution is -0.118. The average molecular weight is 449 g/mol. The smallest absolute Gasteiger partial charge is 0.262 e. The molecule has 7 heteroatoms. The number of hydrogen-bond donors (Lipinski definition) is 1. The number of nitrogens with zero attached hydrogens (tertiary/aromatic N) is 3. The minimum Gasteiger partial charge on any atom is -0.483 e. The number of hydrogen-bond acceptors (Lipinski definition) is 4. The Morgan fingerprint density at radius 1 is 1.03 bits per heavy atom. The van der Waals surface area contributed by atoms with Gasteiger partial charge >= 0.3 is 0 Å². The van der Waals surface area contributed by atoms with E-state index in [2.05, 4.69) is 35.4 Å². The van der Waals surface area contributed by atoms with Crippen molar-refractivity contribution in [1.29, 1.82) is 0 Å². The third kappa shape index (κ3) is 4.75. The van der Waals surface area contributed by atoms with Crippen LogP contribution in [0.2, 0.25) is 5.02 Å². The number of ether oxygens (including phenoxy) is 1. The number of rotatable bonds is 6. The van der Waals surface area contributed by atoms with Gasteiger partial charge in [-0.3, -0.25) is 4.79 Å². The van der Waals surface area contributed by atoms with E-state index < -0.39 is 0 Å². The molecule has 164 valence electrons. The molecule has 0 saturated heterocycles. The van der Waals surface area contributed by atoms with Crippen LogP contribution in [-0.2, 0) is 4.79 Å². The van der Waals surface area contributed by atoms with Crippen molar-refractivity contribution in [2.45, 2.75) is 33.6 Å². The largest absolute Gasteiger partial charge is 0.483 e. The Hall–Kier alpha value is -3.38. The summed E-state index contributed by atoms with van der Waals surface area (Å²) < 4.78 is 5.83. The predicted molar refractivity (Wildman–Crippen MR) is 128 cm³/mol. The number of aryl methyl sites for hydroxylation is 2. The molecular weight excluding hydrogens is 424 g/mol. The summed E-state index contributed by atoms with van der Waals surface area (Å²) in [5, 5.41) is 12.5. The summed E-state index contributed by atoms with van der Waals surface area (Å²) in [6.07, 6.45) is 0. The quantitative estimate of drug-likeness (QED) is 0.402. The van der Waals surface area contributed by atoms with Gasteiger partial charge in [-0.2, -0.15) is 4.80 Å². The molecule has 1 aromatic heterocycles. The summed E-state index contributed by atoms with van der Waals surface area (Å²) in [5.74, 6) is 0.811. The molecule has 6 nitrogen and oxygen atoms in total. The van der Waals surface area contributed by atoms with E-state index >= 15 is 0 Å². The molecule has 0 unspecified atom stereocenters. The summed E-state index contributed by atoms with van der Waals surface area (Å²) in [6.45, 7) is 8.08. The van der Waals surface area contributed by atoms with Crippen LogP contribution in [0.25, 0.3) is 16.7 Å². The molecule has 32 heavy (non-hydrogen) atoms. The Morgan fingerprint density at radius 3 is 2.56 bits per heavy atom. The van der Waals surface area contributed by atoms with Gasteiger partial charge in [-0.25, -0.2) is 0 Å². The molecule has 0 atom stereocenters. The molecule has 0 aliphatic heterocycles. The molecule has 0 radical (unpaired) electrons. The highest BCUT2D eigenvalue weighted by atomic mass is 35.5. The van der Waals surface area contributed by atoms with Gasteiger partial charge < -0.3 is 10.1 Å². The zero-order chi connectivity index (χ0) is 22.8. The molecule has 4 aromatic rings. The minimum atomic E-state index is -0.238. The predicted octanol–water partition coefficient (Wildman–Crippen LogP) is 5.83. The van der Waals surface area contributed by atoms with Crippen LogP contribution in [0.5, 0.6) is 5.75 Å². The molecular formula is C25H25ClN4O2. The lowest BCUT2D eigenvalue weighted by Crippen LogP contribution is -2.20. The van der Waals surface area contributed by atoms with E-state index in [1.807, 2.05) is 50.2 Å². The van der Waals surface area contributed by atoms with E-state index in [1.165, 1.54) is 4.80 Å². The van der Waals surface area contributed by atoms with Gasteiger partial charge in [0, 0.05) is 10.7 Å². The zero-order valence-electron chi connectivity index (χ0n) is 18.5. The third-order valence-corrected chi connectivity index (χ3v) is 5.61. The van der Waals surface area contributed by atoms with Crippen molar-refractivity contribution in [3.63, 3.8) is 0 Å². The van der Waals surface area contributed by atoms with Gasteiger partial charge in [0.1, 0.15) is 16.8 Å². The normalized spacial score (nSPS) is 11.2. The molecule has 4 rings (SSSR count). The van der Waals surface area contributed by atoms with Gasteiger partial charge in [0.15, 0.2) is 6.61 Å². The number of aromatic nitrogens is 3. The molecule has 0 saturated carbocycles. The molecule has 1 N–H and O–H groups in total. The Labute approximate surface area is 192 Å². The maximum Gasteiger partial charge on any atom is 0.262 e. The standard InChI is InChI=1S/C25H25ClN4O2/c1-15(2)20-9-5-16(3)11-24(20)32-14-25(31)27-18-7-10-22-23(12-18)29-30(28-22)19-8-6-17(4)21(26)13-19/h5-13,15H,14H2,1-4H3,(H,27,31). The first-order valence-corrected chi connectivity index (χ1v) is 10.8. The summed E-state index contributed by atoms with van der Waals surface area (Å²) in [5.41, 5.74) is 5.96. The van der Waals surface area contributed by atoms with Crippen LogP contribution < -0.4 is 10.1 Å². The first-order valence-electron chi connectivity index (χ1n) is 10.5. The van der Waals surface area contributed by atoms with Crippen LogP contribution in [0.3, 0.4) is 0 Å². The first kappa shape index (κ1) is 21.8. The number of fused-ring (bicyclic) bond motifs is 1. The molecule has 0 bridgehead atoms. The zero-order valence-corrected chi connectivity index (χ0v) is 19.3. The summed E-state index contributed by atoms with van der Waals surface area (Å²) >= 11 is 6.23. The van der Waals surface area contributed by atoms with E-state index in [9.17, 15) is 4.79 Å². The SMILES string of the molecule is Cc1ccc(C(C)C)c(OCC(=O)Nc2ccc3nn(-c4ccc(C)c(Cl)c4)nc3c2)c1. The minimum absolute atomic E-state index is 0.0736. The van der Waals surface area contributed by atoms with Crippen molar-refractivity contribution >= 4 is 34.2 Å². The number of amides is 1. The second-order valence-corrected chi connectivity index (χ2v) is 8.57. The van der Waals surface area contributed by atoms with Gasteiger partial charge in [-0.15, -0.1) is 10.2 Å². The second kappa shape index (κ2) is 9.01. The van der Waals surface area contributed by atoms with Gasteiger partial charge in [-0.1, -0.05) is 43.6 Å². The number of halogens is 1. The Bertz CT molecular complexity index is 1300. The van der Waals surface area contributed by atoms with Crippen LogP contribution in [0.15, 0.2) is 54.6 Å². The summed E-state index contributed by atoms with van der Waals surface area (Å²) in [4.78, 5) is 14.0. The lowest BCUT2D eigenvalue weighted by Gasteiger charge is -2.14. The van der Waals surface area contributed by atoms with Crippen molar-refractivity contribution in [3.05, 3.63) is 76.3 Å². The van der Waals surface area contributed by atoms with Crippen molar-refractivity contribution in [1.82, 2.24) is 15.0 Å². The monoisotopic (exact) mass is 448 g/mol. The third-order valence-electron chi connectivity index (χ3n) is 5.20. The summed E-state index contributed by atoms with van der Waals surface area (Å²) in [6, 6.07) is 17.1. The fourth-order valence-corrected chi connectivity index (χ4v) is 3.57. The van der Waals surface area contributed by atoms with E-state index in [0.29, 0.717) is 22.1 Å². The van der Waals surface area contributed by atoms with E-state index in [0.717, 1.165) is 33.6 Å². The van der Waals surface area contributed by atoms with E-state index in [-0.39, 0.29) is 12.5 Å². The average Bonchev–Trinajstić information content (AvgIpc) is 3.17. The maximum absolute atomic E-state index is 12.5. The molecule has 0 aliphatic carbocycles. The molecule has 1 amide bonds. The van der Waals surface area contributed by atoms with Crippen LogP contribution in [0.1, 0.15) is 36.5 Å².